The van der Waals surface area contributed by atoms with Gasteiger partial charge in [-0.15, -0.1) is 0 Å². The van der Waals surface area contributed by atoms with Crippen molar-refractivity contribution in [2.75, 3.05) is 0 Å². The number of carbonyl (C=O) groups excluding carboxylic acids is 2. The standard InChI is InChI=1S/C18H20N2O2S/c1-2-3-4-7-10-20-12-13(14-8-5-6-9-15(14)20)11-16-17(21)19-18(22)23-16/h5-6,8-9,11-12H,2-4,7,10H2,1H3,(H,19,21,22). The number of aromatic nitrogens is 1. The van der Waals surface area contributed by atoms with E-state index in [0.29, 0.717) is 4.91 Å². The SMILES string of the molecule is CCCCCCn1cc(C=C2SC(=O)NC2=O)c2ccccc21. The van der Waals surface area contributed by atoms with Gasteiger partial charge in [0.2, 0.25) is 0 Å². The molecule has 2 amide bonds. The number of rotatable bonds is 6. The smallest absolute Gasteiger partial charge is 0.290 e. The first kappa shape index (κ1) is 15.9. The summed E-state index contributed by atoms with van der Waals surface area (Å²) in [5.74, 6) is -0.306. The molecule has 1 aliphatic heterocycles. The Hall–Kier alpha value is -2.01. The van der Waals surface area contributed by atoms with E-state index in [4.69, 9.17) is 0 Å². The van der Waals surface area contributed by atoms with Crippen molar-refractivity contribution in [2.45, 2.75) is 39.2 Å². The number of hydrogen-bond acceptors (Lipinski definition) is 3. The summed E-state index contributed by atoms with van der Waals surface area (Å²) >= 11 is 0.963. The van der Waals surface area contributed by atoms with Gasteiger partial charge in [0.1, 0.15) is 0 Å². The van der Waals surface area contributed by atoms with Crippen LogP contribution in [0.2, 0.25) is 0 Å². The third kappa shape index (κ3) is 3.50. The van der Waals surface area contributed by atoms with Gasteiger partial charge in [-0.25, -0.2) is 0 Å². The predicted molar refractivity (Wildman–Crippen MR) is 95.2 cm³/mol. The molecule has 0 atom stereocenters. The summed E-state index contributed by atoms with van der Waals surface area (Å²) in [5, 5.41) is 3.11. The molecule has 5 heteroatoms. The first-order chi connectivity index (χ1) is 11.2. The van der Waals surface area contributed by atoms with Gasteiger partial charge < -0.3 is 4.57 Å². The third-order valence-electron chi connectivity index (χ3n) is 4.00. The summed E-state index contributed by atoms with van der Waals surface area (Å²) in [6, 6.07) is 8.19. The molecule has 4 nitrogen and oxygen atoms in total. The van der Waals surface area contributed by atoms with Crippen LogP contribution in [0.5, 0.6) is 0 Å². The number of amides is 2. The molecular weight excluding hydrogens is 308 g/mol. The zero-order valence-corrected chi connectivity index (χ0v) is 14.0. The second-order valence-corrected chi connectivity index (χ2v) is 6.72. The number of nitrogens with one attached hydrogen (secondary N) is 1. The van der Waals surface area contributed by atoms with Crippen LogP contribution in [-0.2, 0) is 11.3 Å². The van der Waals surface area contributed by atoms with Crippen molar-refractivity contribution < 1.29 is 9.59 Å². The lowest BCUT2D eigenvalue weighted by Crippen LogP contribution is -2.17. The van der Waals surface area contributed by atoms with E-state index < -0.39 is 0 Å². The van der Waals surface area contributed by atoms with Crippen molar-refractivity contribution in [3.05, 3.63) is 40.9 Å². The second kappa shape index (κ2) is 7.04. The van der Waals surface area contributed by atoms with Crippen LogP contribution in [0.4, 0.5) is 4.79 Å². The molecule has 0 radical (unpaired) electrons. The van der Waals surface area contributed by atoms with Crippen LogP contribution in [0, 0.1) is 0 Å². The maximum Gasteiger partial charge on any atom is 0.290 e. The molecule has 1 saturated heterocycles. The summed E-state index contributed by atoms with van der Waals surface area (Å²) < 4.78 is 2.25. The van der Waals surface area contributed by atoms with E-state index in [9.17, 15) is 9.59 Å². The Bertz CT molecular complexity index is 776. The molecule has 1 aromatic carbocycles. The average molecular weight is 328 g/mol. The number of unbranched alkanes of at least 4 members (excludes halogenated alkanes) is 3. The monoisotopic (exact) mass is 328 g/mol. The lowest BCUT2D eigenvalue weighted by atomic mass is 10.1. The summed E-state index contributed by atoms with van der Waals surface area (Å²) in [6.45, 7) is 3.18. The molecule has 0 bridgehead atoms. The molecule has 2 heterocycles. The fourth-order valence-electron chi connectivity index (χ4n) is 2.85. The van der Waals surface area contributed by atoms with Crippen molar-refractivity contribution in [3.63, 3.8) is 0 Å². The largest absolute Gasteiger partial charge is 0.347 e. The van der Waals surface area contributed by atoms with Crippen molar-refractivity contribution in [1.82, 2.24) is 9.88 Å². The molecule has 23 heavy (non-hydrogen) atoms. The van der Waals surface area contributed by atoms with Crippen LogP contribution in [-0.4, -0.2) is 15.7 Å². The maximum atomic E-state index is 11.7. The van der Waals surface area contributed by atoms with E-state index in [1.165, 1.54) is 24.8 Å². The van der Waals surface area contributed by atoms with E-state index in [1.807, 2.05) is 18.2 Å². The highest BCUT2D eigenvalue weighted by atomic mass is 32.2. The van der Waals surface area contributed by atoms with Gasteiger partial charge in [-0.05, 0) is 30.3 Å². The van der Waals surface area contributed by atoms with Crippen LogP contribution >= 0.6 is 11.8 Å². The molecule has 120 valence electrons. The van der Waals surface area contributed by atoms with Crippen molar-refractivity contribution >= 4 is 39.9 Å². The van der Waals surface area contributed by atoms with Gasteiger partial charge in [0.25, 0.3) is 11.1 Å². The van der Waals surface area contributed by atoms with Gasteiger partial charge in [0.05, 0.1) is 4.91 Å². The fourth-order valence-corrected chi connectivity index (χ4v) is 3.52. The number of aryl methyl sites for hydroxylation is 1. The normalized spacial score (nSPS) is 16.5. The second-order valence-electron chi connectivity index (χ2n) is 5.71. The van der Waals surface area contributed by atoms with E-state index in [-0.39, 0.29) is 11.1 Å². The van der Waals surface area contributed by atoms with Gasteiger partial charge in [-0.1, -0.05) is 44.4 Å². The molecular formula is C18H20N2O2S. The molecule has 1 aliphatic rings. The number of para-hydroxylation sites is 1. The van der Waals surface area contributed by atoms with E-state index in [1.54, 1.807) is 0 Å². The van der Waals surface area contributed by atoms with Crippen LogP contribution < -0.4 is 5.32 Å². The Morgan fingerprint density at radius 3 is 2.74 bits per heavy atom. The molecule has 1 N–H and O–H groups in total. The average Bonchev–Trinajstić information content (AvgIpc) is 3.05. The Balaban J connectivity index is 1.90. The molecule has 1 aromatic heterocycles. The van der Waals surface area contributed by atoms with Crippen LogP contribution in [0.1, 0.15) is 38.2 Å². The Morgan fingerprint density at radius 2 is 2.00 bits per heavy atom. The molecule has 0 unspecified atom stereocenters. The quantitative estimate of drug-likeness (QED) is 0.625. The van der Waals surface area contributed by atoms with Crippen molar-refractivity contribution in [2.24, 2.45) is 0 Å². The molecule has 0 aliphatic carbocycles. The minimum Gasteiger partial charge on any atom is -0.347 e. The number of imide groups is 1. The van der Waals surface area contributed by atoms with Gasteiger partial charge >= 0.3 is 0 Å². The van der Waals surface area contributed by atoms with Crippen LogP contribution in [0.25, 0.3) is 17.0 Å². The van der Waals surface area contributed by atoms with Gasteiger partial charge in [0, 0.05) is 29.2 Å². The number of carbonyl (C=O) groups is 2. The number of thioether (sulfide) groups is 1. The maximum absolute atomic E-state index is 11.7. The third-order valence-corrected chi connectivity index (χ3v) is 4.81. The highest BCUT2D eigenvalue weighted by Gasteiger charge is 2.25. The lowest BCUT2D eigenvalue weighted by molar-refractivity contribution is -0.115. The predicted octanol–water partition coefficient (Wildman–Crippen LogP) is 4.55. The van der Waals surface area contributed by atoms with Gasteiger partial charge in [-0.2, -0.15) is 0 Å². The molecule has 0 saturated carbocycles. The Morgan fingerprint density at radius 1 is 1.17 bits per heavy atom. The van der Waals surface area contributed by atoms with E-state index >= 15 is 0 Å². The number of hydrogen-bond donors (Lipinski definition) is 1. The lowest BCUT2D eigenvalue weighted by Gasteiger charge is -2.04. The Kier molecular flexibility index (Phi) is 4.86. The highest BCUT2D eigenvalue weighted by Crippen LogP contribution is 2.29. The first-order valence-corrected chi connectivity index (χ1v) is 8.83. The van der Waals surface area contributed by atoms with Gasteiger partial charge in [-0.3, -0.25) is 14.9 Å². The van der Waals surface area contributed by atoms with Crippen molar-refractivity contribution in [3.8, 4) is 0 Å². The zero-order valence-electron chi connectivity index (χ0n) is 13.2. The molecule has 0 spiro atoms. The van der Waals surface area contributed by atoms with Crippen molar-refractivity contribution in [1.29, 1.82) is 0 Å². The highest BCUT2D eigenvalue weighted by molar-refractivity contribution is 8.18. The van der Waals surface area contributed by atoms with E-state index in [2.05, 4.69) is 35.1 Å². The van der Waals surface area contributed by atoms with Gasteiger partial charge in [0.15, 0.2) is 0 Å². The zero-order chi connectivity index (χ0) is 16.2. The number of benzene rings is 1. The van der Waals surface area contributed by atoms with E-state index in [0.717, 1.165) is 35.7 Å². The fraction of sp³-hybridized carbons (Fsp3) is 0.333. The number of nitrogens with zero attached hydrogens (tertiary/aromatic N) is 1. The molecule has 2 aromatic rings. The molecule has 3 rings (SSSR count). The Labute approximate surface area is 139 Å². The summed E-state index contributed by atoms with van der Waals surface area (Å²) in [7, 11) is 0. The topological polar surface area (TPSA) is 51.1 Å². The first-order valence-electron chi connectivity index (χ1n) is 8.02. The summed E-state index contributed by atoms with van der Waals surface area (Å²) in [4.78, 5) is 23.5. The summed E-state index contributed by atoms with van der Waals surface area (Å²) in [5.41, 5.74) is 2.16. The summed E-state index contributed by atoms with van der Waals surface area (Å²) in [6.07, 6.45) is 8.76. The minimum absolute atomic E-state index is 0.301. The number of fused-ring (bicyclic) bond motifs is 1. The van der Waals surface area contributed by atoms with Crippen LogP contribution in [0.3, 0.4) is 0 Å². The molecule has 1 fully saturated rings. The minimum atomic E-state index is -0.306. The van der Waals surface area contributed by atoms with Crippen LogP contribution in [0.15, 0.2) is 35.4 Å².